The van der Waals surface area contributed by atoms with Gasteiger partial charge in [0.25, 0.3) is 0 Å². The van der Waals surface area contributed by atoms with Gasteiger partial charge in [-0.1, -0.05) is 34.4 Å². The maximum absolute atomic E-state index is 12.5. The summed E-state index contributed by atoms with van der Waals surface area (Å²) in [5.41, 5.74) is 5.12. The van der Waals surface area contributed by atoms with Gasteiger partial charge in [-0.05, 0) is 112 Å². The van der Waals surface area contributed by atoms with Crippen LogP contribution >= 0.6 is 0 Å². The molecule has 0 bridgehead atoms. The summed E-state index contributed by atoms with van der Waals surface area (Å²) in [6.07, 6.45) is 15.2. The average molecular weight is 588 g/mol. The SMILES string of the molecule is CC(C)=CCC/C(C)=C\COC(=O)CCN(CCCCN1CCN(C)CC1)CCC(=O)OC/C=C(/C)CCC=C(C)C. The topological polar surface area (TPSA) is 62.3 Å². The van der Waals surface area contributed by atoms with E-state index in [1.807, 2.05) is 12.2 Å². The molecule has 0 spiro atoms. The molecule has 1 aliphatic rings. The van der Waals surface area contributed by atoms with Crippen LogP contribution in [0.5, 0.6) is 0 Å². The quantitative estimate of drug-likeness (QED) is 0.0855. The fraction of sp³-hybridized carbons (Fsp3) is 0.714. The number of piperazine rings is 1. The number of hydrogen-bond donors (Lipinski definition) is 0. The Bertz CT molecular complexity index is 832. The van der Waals surface area contributed by atoms with Crippen LogP contribution in [-0.4, -0.2) is 99.3 Å². The van der Waals surface area contributed by atoms with Crippen LogP contribution in [0.1, 0.15) is 92.9 Å². The number of carbonyl (C=O) groups excluding carboxylic acids is 2. The molecule has 0 aliphatic carbocycles. The Kier molecular flexibility index (Phi) is 20.9. The zero-order valence-electron chi connectivity index (χ0n) is 28.0. The van der Waals surface area contributed by atoms with Crippen LogP contribution in [0.25, 0.3) is 0 Å². The lowest BCUT2D eigenvalue weighted by Crippen LogP contribution is -2.44. The van der Waals surface area contributed by atoms with Crippen LogP contribution < -0.4 is 0 Å². The molecule has 0 unspecified atom stereocenters. The van der Waals surface area contributed by atoms with Crippen molar-refractivity contribution in [3.63, 3.8) is 0 Å². The predicted octanol–water partition coefficient (Wildman–Crippen LogP) is 6.57. The Morgan fingerprint density at radius 3 is 1.57 bits per heavy atom. The Labute approximate surface area is 257 Å². The summed E-state index contributed by atoms with van der Waals surface area (Å²) in [4.78, 5) is 32.0. The molecule has 0 atom stereocenters. The molecule has 240 valence electrons. The van der Waals surface area contributed by atoms with E-state index in [9.17, 15) is 9.59 Å². The molecule has 0 aromatic carbocycles. The minimum atomic E-state index is -0.193. The molecule has 0 aromatic heterocycles. The summed E-state index contributed by atoms with van der Waals surface area (Å²) in [5, 5.41) is 0. The summed E-state index contributed by atoms with van der Waals surface area (Å²) in [6.45, 7) is 20.9. The summed E-state index contributed by atoms with van der Waals surface area (Å²) in [5.74, 6) is -0.385. The van der Waals surface area contributed by atoms with Gasteiger partial charge in [0, 0.05) is 39.3 Å². The van der Waals surface area contributed by atoms with Gasteiger partial charge in [-0.3, -0.25) is 9.59 Å². The lowest BCUT2D eigenvalue weighted by molar-refractivity contribution is -0.142. The van der Waals surface area contributed by atoms with E-state index < -0.39 is 0 Å². The van der Waals surface area contributed by atoms with Gasteiger partial charge in [0.1, 0.15) is 13.2 Å². The average Bonchev–Trinajstić information content (AvgIpc) is 2.92. The third-order valence-corrected chi connectivity index (χ3v) is 7.59. The van der Waals surface area contributed by atoms with Crippen LogP contribution in [0.2, 0.25) is 0 Å². The number of carbonyl (C=O) groups is 2. The van der Waals surface area contributed by atoms with Crippen LogP contribution in [0, 0.1) is 0 Å². The van der Waals surface area contributed by atoms with E-state index in [1.54, 1.807) is 0 Å². The van der Waals surface area contributed by atoms with Crippen molar-refractivity contribution in [2.45, 2.75) is 92.9 Å². The third kappa shape index (κ3) is 21.5. The number of esters is 2. The number of unbranched alkanes of at least 4 members (excludes halogenated alkanes) is 1. The molecule has 0 N–H and O–H groups in total. The molecule has 0 aromatic rings. The third-order valence-electron chi connectivity index (χ3n) is 7.59. The molecule has 7 heteroatoms. The van der Waals surface area contributed by atoms with E-state index in [4.69, 9.17) is 9.47 Å². The number of hydrogen-bond acceptors (Lipinski definition) is 7. The summed E-state index contributed by atoms with van der Waals surface area (Å²) < 4.78 is 11.0. The molecule has 7 nitrogen and oxygen atoms in total. The van der Waals surface area contributed by atoms with Gasteiger partial charge in [-0.15, -0.1) is 0 Å². The fourth-order valence-corrected chi connectivity index (χ4v) is 4.66. The van der Waals surface area contributed by atoms with Crippen molar-refractivity contribution in [1.82, 2.24) is 14.7 Å². The molecule has 1 aliphatic heterocycles. The first-order valence-electron chi connectivity index (χ1n) is 16.1. The van der Waals surface area contributed by atoms with Crippen molar-refractivity contribution in [1.29, 1.82) is 0 Å². The lowest BCUT2D eigenvalue weighted by Gasteiger charge is -2.32. The zero-order valence-corrected chi connectivity index (χ0v) is 28.0. The van der Waals surface area contributed by atoms with Crippen LogP contribution in [0.3, 0.4) is 0 Å². The van der Waals surface area contributed by atoms with Gasteiger partial charge in [0.2, 0.25) is 0 Å². The standard InChI is InChI=1S/C35H61N3O4/c1-30(2)12-10-14-32(5)18-28-41-34(39)16-22-37(20-8-9-21-38-26-24-36(7)25-27-38)23-17-35(40)42-29-19-33(6)15-11-13-31(3)4/h12-13,18-19H,8-11,14-17,20-29H2,1-7H3/b32-18-,33-19-. The monoisotopic (exact) mass is 587 g/mol. The first-order chi connectivity index (χ1) is 20.0. The van der Waals surface area contributed by atoms with Crippen LogP contribution in [0.4, 0.5) is 0 Å². The number of ether oxygens (including phenoxy) is 2. The maximum Gasteiger partial charge on any atom is 0.307 e. The maximum atomic E-state index is 12.5. The predicted molar refractivity (Wildman–Crippen MR) is 176 cm³/mol. The molecule has 1 rings (SSSR count). The molecule has 42 heavy (non-hydrogen) atoms. The molecule has 1 saturated heterocycles. The lowest BCUT2D eigenvalue weighted by atomic mass is 10.1. The highest BCUT2D eigenvalue weighted by atomic mass is 16.5. The van der Waals surface area contributed by atoms with E-state index in [1.165, 1.54) is 22.3 Å². The Hall–Kier alpha value is -2.22. The van der Waals surface area contributed by atoms with Crippen molar-refractivity contribution in [2.75, 3.05) is 72.6 Å². The first kappa shape index (κ1) is 37.8. The second-order valence-corrected chi connectivity index (χ2v) is 12.3. The van der Waals surface area contributed by atoms with Gasteiger partial charge < -0.3 is 24.2 Å². The van der Waals surface area contributed by atoms with E-state index in [-0.39, 0.29) is 11.9 Å². The second kappa shape index (κ2) is 23.3. The molecule has 1 heterocycles. The van der Waals surface area contributed by atoms with Crippen molar-refractivity contribution >= 4 is 11.9 Å². The molecule has 0 radical (unpaired) electrons. The summed E-state index contributed by atoms with van der Waals surface area (Å²) in [7, 11) is 2.18. The van der Waals surface area contributed by atoms with Gasteiger partial charge >= 0.3 is 11.9 Å². The second-order valence-electron chi connectivity index (χ2n) is 12.3. The van der Waals surface area contributed by atoms with E-state index in [2.05, 4.69) is 75.4 Å². The number of rotatable bonds is 21. The molecule has 0 saturated carbocycles. The first-order valence-corrected chi connectivity index (χ1v) is 16.1. The van der Waals surface area contributed by atoms with Gasteiger partial charge in [-0.25, -0.2) is 0 Å². The molecular weight excluding hydrogens is 526 g/mol. The summed E-state index contributed by atoms with van der Waals surface area (Å²) >= 11 is 0. The van der Waals surface area contributed by atoms with Crippen LogP contribution in [0.15, 0.2) is 46.6 Å². The fourth-order valence-electron chi connectivity index (χ4n) is 4.66. The minimum absolute atomic E-state index is 0.193. The minimum Gasteiger partial charge on any atom is -0.461 e. The highest BCUT2D eigenvalue weighted by Gasteiger charge is 2.15. The number of nitrogens with zero attached hydrogens (tertiary/aromatic N) is 3. The van der Waals surface area contributed by atoms with E-state index in [0.29, 0.717) is 39.1 Å². The smallest absolute Gasteiger partial charge is 0.307 e. The molecule has 1 fully saturated rings. The highest BCUT2D eigenvalue weighted by molar-refractivity contribution is 5.70. The Morgan fingerprint density at radius 1 is 0.643 bits per heavy atom. The summed E-state index contributed by atoms with van der Waals surface area (Å²) in [6, 6.07) is 0. The highest BCUT2D eigenvalue weighted by Crippen LogP contribution is 2.09. The normalized spacial score (nSPS) is 15.0. The van der Waals surface area contributed by atoms with Crippen molar-refractivity contribution in [3.8, 4) is 0 Å². The van der Waals surface area contributed by atoms with Crippen molar-refractivity contribution in [3.05, 3.63) is 46.6 Å². The van der Waals surface area contributed by atoms with E-state index >= 15 is 0 Å². The molecule has 0 amide bonds. The van der Waals surface area contributed by atoms with E-state index in [0.717, 1.165) is 77.8 Å². The molecular formula is C35H61N3O4. The van der Waals surface area contributed by atoms with Crippen LogP contribution in [-0.2, 0) is 19.1 Å². The van der Waals surface area contributed by atoms with Gasteiger partial charge in [0.05, 0.1) is 12.8 Å². The Morgan fingerprint density at radius 2 is 1.12 bits per heavy atom. The van der Waals surface area contributed by atoms with Crippen molar-refractivity contribution < 1.29 is 19.1 Å². The zero-order chi connectivity index (χ0) is 31.2. The number of allylic oxidation sites excluding steroid dienone is 6. The van der Waals surface area contributed by atoms with Gasteiger partial charge in [0.15, 0.2) is 0 Å². The Balaban J connectivity index is 2.47. The largest absolute Gasteiger partial charge is 0.461 e. The van der Waals surface area contributed by atoms with Crippen molar-refractivity contribution in [2.24, 2.45) is 0 Å². The number of likely N-dealkylation sites (N-methyl/N-ethyl adjacent to an activating group) is 1. The van der Waals surface area contributed by atoms with Gasteiger partial charge in [-0.2, -0.15) is 0 Å².